The van der Waals surface area contributed by atoms with Crippen LogP contribution >= 0.6 is 0 Å². The molecule has 37 heavy (non-hydrogen) atoms. The van der Waals surface area contributed by atoms with Crippen LogP contribution in [0.3, 0.4) is 0 Å². The number of carbonyl (C=O) groups excluding carboxylic acids is 2. The van der Waals surface area contributed by atoms with Crippen molar-refractivity contribution in [3.63, 3.8) is 0 Å². The fourth-order valence-corrected chi connectivity index (χ4v) is 5.09. The molecule has 196 valence electrons. The van der Waals surface area contributed by atoms with Crippen LogP contribution in [-0.2, 0) is 9.53 Å². The number of hydrogen-bond acceptors (Lipinski definition) is 7. The second kappa shape index (κ2) is 11.1. The molecule has 0 radical (unpaired) electrons. The minimum absolute atomic E-state index is 0.00967. The van der Waals surface area contributed by atoms with E-state index in [4.69, 9.17) is 18.9 Å². The van der Waals surface area contributed by atoms with Crippen molar-refractivity contribution in [3.05, 3.63) is 58.2 Å². The van der Waals surface area contributed by atoms with Crippen LogP contribution in [0.5, 0.6) is 17.2 Å². The first-order valence-corrected chi connectivity index (χ1v) is 12.2. The maximum atomic E-state index is 13.0. The quantitative estimate of drug-likeness (QED) is 0.541. The monoisotopic (exact) mass is 506 g/mol. The molecule has 2 aliphatic rings. The van der Waals surface area contributed by atoms with Gasteiger partial charge in [0.2, 0.25) is 5.91 Å². The summed E-state index contributed by atoms with van der Waals surface area (Å²) in [7, 11) is 8.02. The SMILES string of the molecule is COC(=O)c1c(OC)cc(C=C2C(C)=C(CC(=O)NC3CCN(C)C3)c3cc(OC)ccc32)cc1OC. The third-order valence-corrected chi connectivity index (χ3v) is 7.02. The van der Waals surface area contributed by atoms with Crippen LogP contribution in [0.25, 0.3) is 17.2 Å². The fraction of sp³-hybridized carbons (Fsp3) is 0.379. The van der Waals surface area contributed by atoms with Gasteiger partial charge in [0.1, 0.15) is 22.8 Å². The molecule has 4 rings (SSSR count). The van der Waals surface area contributed by atoms with Gasteiger partial charge in [0.25, 0.3) is 0 Å². The molecule has 1 fully saturated rings. The highest BCUT2D eigenvalue weighted by molar-refractivity contribution is 6.08. The average molecular weight is 507 g/mol. The van der Waals surface area contributed by atoms with Crippen molar-refractivity contribution >= 4 is 29.1 Å². The molecule has 1 unspecified atom stereocenters. The molecule has 2 aromatic rings. The second-order valence-electron chi connectivity index (χ2n) is 9.36. The maximum absolute atomic E-state index is 13.0. The topological polar surface area (TPSA) is 86.3 Å². The van der Waals surface area contributed by atoms with Gasteiger partial charge in [-0.15, -0.1) is 0 Å². The van der Waals surface area contributed by atoms with E-state index in [2.05, 4.69) is 17.3 Å². The number of methoxy groups -OCH3 is 4. The number of esters is 1. The molecule has 8 nitrogen and oxygen atoms in total. The van der Waals surface area contributed by atoms with Gasteiger partial charge in [0.05, 0.1) is 34.9 Å². The van der Waals surface area contributed by atoms with E-state index in [9.17, 15) is 9.59 Å². The summed E-state index contributed by atoms with van der Waals surface area (Å²) in [5, 5.41) is 3.19. The Balaban J connectivity index is 1.75. The Morgan fingerprint density at radius 3 is 2.30 bits per heavy atom. The highest BCUT2D eigenvalue weighted by atomic mass is 16.5. The van der Waals surface area contributed by atoms with Crippen LogP contribution in [0.15, 0.2) is 35.9 Å². The average Bonchev–Trinajstić information content (AvgIpc) is 3.42. The zero-order valence-electron chi connectivity index (χ0n) is 22.3. The molecular weight excluding hydrogens is 472 g/mol. The summed E-state index contributed by atoms with van der Waals surface area (Å²) in [5.41, 5.74) is 5.97. The van der Waals surface area contributed by atoms with Crippen molar-refractivity contribution in [1.29, 1.82) is 0 Å². The van der Waals surface area contributed by atoms with E-state index in [0.29, 0.717) is 11.5 Å². The number of benzene rings is 2. The number of likely N-dealkylation sites (N-methyl/N-ethyl adjacent to an activating group) is 1. The molecule has 1 N–H and O–H groups in total. The Morgan fingerprint density at radius 2 is 1.73 bits per heavy atom. The van der Waals surface area contributed by atoms with Gasteiger partial charge in [-0.1, -0.05) is 6.07 Å². The summed E-state index contributed by atoms with van der Waals surface area (Å²) < 4.78 is 21.4. The van der Waals surface area contributed by atoms with E-state index in [1.54, 1.807) is 19.2 Å². The zero-order chi connectivity index (χ0) is 26.7. The number of carbonyl (C=O) groups is 2. The van der Waals surface area contributed by atoms with Crippen LogP contribution in [0.1, 0.15) is 46.8 Å². The van der Waals surface area contributed by atoms with Gasteiger partial charge in [0, 0.05) is 12.6 Å². The van der Waals surface area contributed by atoms with Crippen LogP contribution < -0.4 is 19.5 Å². The van der Waals surface area contributed by atoms with E-state index in [1.165, 1.54) is 21.3 Å². The lowest BCUT2D eigenvalue weighted by atomic mass is 9.99. The lowest BCUT2D eigenvalue weighted by Gasteiger charge is -2.14. The summed E-state index contributed by atoms with van der Waals surface area (Å²) >= 11 is 0. The third-order valence-electron chi connectivity index (χ3n) is 7.02. The van der Waals surface area contributed by atoms with Crippen molar-refractivity contribution in [2.75, 3.05) is 48.6 Å². The molecule has 0 saturated carbocycles. The number of hydrogen-bond donors (Lipinski definition) is 1. The molecule has 1 aliphatic carbocycles. The summed E-state index contributed by atoms with van der Waals surface area (Å²) in [6, 6.07) is 9.63. The van der Waals surface area contributed by atoms with Gasteiger partial charge in [-0.05, 0) is 90.7 Å². The Kier molecular flexibility index (Phi) is 7.88. The Labute approximate surface area is 217 Å². The molecule has 1 saturated heterocycles. The largest absolute Gasteiger partial charge is 0.497 e. The zero-order valence-corrected chi connectivity index (χ0v) is 22.3. The number of rotatable bonds is 8. The Hall–Kier alpha value is -3.78. The standard InChI is InChI=1S/C29H34N2O6/c1-17-22(11-18-12-25(35-4)28(29(33)37-6)26(13-18)36-5)21-8-7-20(34-3)14-24(21)23(17)15-27(32)30-19-9-10-31(2)16-19/h7-8,11-14,19H,9-10,15-16H2,1-6H3,(H,30,32). The first-order valence-electron chi connectivity index (χ1n) is 12.2. The van der Waals surface area contributed by atoms with Crippen molar-refractivity contribution in [2.24, 2.45) is 0 Å². The summed E-state index contributed by atoms with van der Waals surface area (Å²) in [6.07, 6.45) is 3.25. The summed E-state index contributed by atoms with van der Waals surface area (Å²) in [6.45, 7) is 3.88. The fourth-order valence-electron chi connectivity index (χ4n) is 5.09. The number of nitrogens with zero attached hydrogens (tertiary/aromatic N) is 1. The van der Waals surface area contributed by atoms with Gasteiger partial charge in [-0.2, -0.15) is 0 Å². The molecule has 1 heterocycles. The molecule has 1 atom stereocenters. The van der Waals surface area contributed by atoms with Gasteiger partial charge in [0.15, 0.2) is 0 Å². The smallest absolute Gasteiger partial charge is 0.345 e. The lowest BCUT2D eigenvalue weighted by molar-refractivity contribution is -0.120. The van der Waals surface area contributed by atoms with E-state index in [-0.39, 0.29) is 23.9 Å². The Morgan fingerprint density at radius 1 is 1.03 bits per heavy atom. The molecular formula is C29H34N2O6. The number of nitrogens with one attached hydrogen (secondary N) is 1. The van der Waals surface area contributed by atoms with E-state index >= 15 is 0 Å². The van der Waals surface area contributed by atoms with Gasteiger partial charge in [-0.25, -0.2) is 4.79 Å². The number of fused-ring (bicyclic) bond motifs is 1. The predicted molar refractivity (Wildman–Crippen MR) is 143 cm³/mol. The highest BCUT2D eigenvalue weighted by Crippen LogP contribution is 2.45. The number of allylic oxidation sites excluding steroid dienone is 2. The van der Waals surface area contributed by atoms with Crippen molar-refractivity contribution < 1.29 is 28.5 Å². The molecule has 1 amide bonds. The van der Waals surface area contributed by atoms with Crippen LogP contribution in [-0.4, -0.2) is 71.4 Å². The molecule has 2 aromatic carbocycles. The van der Waals surface area contributed by atoms with Crippen LogP contribution in [0, 0.1) is 0 Å². The number of ether oxygens (including phenoxy) is 4. The van der Waals surface area contributed by atoms with Crippen molar-refractivity contribution in [2.45, 2.75) is 25.8 Å². The lowest BCUT2D eigenvalue weighted by Crippen LogP contribution is -2.36. The summed E-state index contributed by atoms with van der Waals surface area (Å²) in [4.78, 5) is 27.6. The highest BCUT2D eigenvalue weighted by Gasteiger charge is 2.28. The molecule has 0 aromatic heterocycles. The summed E-state index contributed by atoms with van der Waals surface area (Å²) in [5.74, 6) is 0.913. The van der Waals surface area contributed by atoms with E-state index in [1.807, 2.05) is 31.2 Å². The normalized spacial score (nSPS) is 18.1. The van der Waals surface area contributed by atoms with Crippen LogP contribution in [0.2, 0.25) is 0 Å². The van der Waals surface area contributed by atoms with Gasteiger partial charge in [-0.3, -0.25) is 4.79 Å². The van der Waals surface area contributed by atoms with Crippen molar-refractivity contribution in [3.8, 4) is 17.2 Å². The molecule has 1 aliphatic heterocycles. The predicted octanol–water partition coefficient (Wildman–Crippen LogP) is 4.04. The first-order chi connectivity index (χ1) is 17.8. The van der Waals surface area contributed by atoms with Crippen molar-refractivity contribution in [1.82, 2.24) is 10.2 Å². The number of likely N-dealkylation sites (tertiary alicyclic amines) is 1. The maximum Gasteiger partial charge on any atom is 0.345 e. The van der Waals surface area contributed by atoms with Gasteiger partial charge >= 0.3 is 5.97 Å². The van der Waals surface area contributed by atoms with E-state index in [0.717, 1.165) is 58.7 Å². The molecule has 8 heteroatoms. The minimum Gasteiger partial charge on any atom is -0.497 e. The minimum atomic E-state index is -0.538. The first kappa shape index (κ1) is 26.3. The molecule has 0 bridgehead atoms. The number of amides is 1. The Bertz CT molecular complexity index is 1250. The third kappa shape index (κ3) is 5.34. The van der Waals surface area contributed by atoms with Crippen LogP contribution in [0.4, 0.5) is 0 Å². The second-order valence-corrected chi connectivity index (χ2v) is 9.36. The van der Waals surface area contributed by atoms with Gasteiger partial charge < -0.3 is 29.2 Å². The van der Waals surface area contributed by atoms with E-state index < -0.39 is 5.97 Å². The molecule has 0 spiro atoms.